The summed E-state index contributed by atoms with van der Waals surface area (Å²) in [5.74, 6) is 1.19. The Morgan fingerprint density at radius 2 is 1.48 bits per heavy atom. The Bertz CT molecular complexity index is 1510. The van der Waals surface area contributed by atoms with Crippen LogP contribution in [-0.4, -0.2) is 24.0 Å². The number of ether oxygens (including phenoxy) is 2. The molecular formula is C35H36N2O3. The molecule has 0 amide bonds. The zero-order valence-corrected chi connectivity index (χ0v) is 23.3. The summed E-state index contributed by atoms with van der Waals surface area (Å²) in [6.07, 6.45) is 4.65. The number of nitrogens with one attached hydrogen (secondary N) is 1. The van der Waals surface area contributed by atoms with Crippen LogP contribution in [0.3, 0.4) is 0 Å². The van der Waals surface area contributed by atoms with Gasteiger partial charge < -0.3 is 14.8 Å². The first-order valence-electron chi connectivity index (χ1n) is 14.5. The summed E-state index contributed by atoms with van der Waals surface area (Å²) in [5, 5.41) is 3.49. The van der Waals surface area contributed by atoms with Crippen molar-refractivity contribution in [2.24, 2.45) is 0 Å². The van der Waals surface area contributed by atoms with Gasteiger partial charge in [-0.15, -0.1) is 0 Å². The minimum absolute atomic E-state index is 0.311. The third-order valence-electron chi connectivity index (χ3n) is 7.93. The van der Waals surface area contributed by atoms with Crippen molar-refractivity contribution in [2.75, 3.05) is 18.4 Å². The van der Waals surface area contributed by atoms with Crippen molar-refractivity contribution in [3.8, 4) is 11.5 Å². The number of carbonyl (C=O) groups excluding carboxylic acids is 1. The van der Waals surface area contributed by atoms with E-state index < -0.39 is 5.60 Å². The minimum Gasteiger partial charge on any atom is -0.456 e. The van der Waals surface area contributed by atoms with Gasteiger partial charge in [-0.2, -0.15) is 0 Å². The first-order valence-corrected chi connectivity index (χ1v) is 14.5. The third-order valence-corrected chi connectivity index (χ3v) is 7.93. The first kappa shape index (κ1) is 26.1. The van der Waals surface area contributed by atoms with E-state index in [1.54, 1.807) is 0 Å². The molecule has 0 radical (unpaired) electrons. The van der Waals surface area contributed by atoms with Gasteiger partial charge in [0.1, 0.15) is 11.5 Å². The van der Waals surface area contributed by atoms with Gasteiger partial charge in [0, 0.05) is 40.2 Å². The van der Waals surface area contributed by atoms with Crippen LogP contribution in [0.4, 0.5) is 11.4 Å². The Kier molecular flexibility index (Phi) is 7.31. The standard InChI is InChI=1S/C35H36N2O3/c1-3-5-21-37(22-6-4-2)24-25-13-12-18-30-33(25)39-32-20-19-27(36-26-14-8-7-9-15-26)23-31(32)35(30)29-17-11-10-16-28(29)34(38)40-35/h7-20,23,36H,3-6,21-22,24H2,1-2H3. The largest absolute Gasteiger partial charge is 0.456 e. The molecule has 0 aliphatic carbocycles. The van der Waals surface area contributed by atoms with E-state index in [-0.39, 0.29) is 5.97 Å². The van der Waals surface area contributed by atoms with Crippen molar-refractivity contribution in [2.45, 2.75) is 51.7 Å². The molecule has 1 unspecified atom stereocenters. The number of hydrogen-bond donors (Lipinski definition) is 1. The molecule has 1 atom stereocenters. The van der Waals surface area contributed by atoms with Crippen LogP contribution in [0.15, 0.2) is 91.0 Å². The molecule has 40 heavy (non-hydrogen) atoms. The number of rotatable bonds is 10. The number of fused-ring (bicyclic) bond motifs is 6. The molecule has 2 heterocycles. The molecule has 1 spiro atoms. The number of hydrogen-bond acceptors (Lipinski definition) is 5. The highest BCUT2D eigenvalue weighted by Crippen LogP contribution is 2.57. The van der Waals surface area contributed by atoms with Crippen LogP contribution in [0.25, 0.3) is 0 Å². The van der Waals surface area contributed by atoms with Crippen LogP contribution >= 0.6 is 0 Å². The van der Waals surface area contributed by atoms with E-state index >= 15 is 0 Å². The predicted molar refractivity (Wildman–Crippen MR) is 160 cm³/mol. The van der Waals surface area contributed by atoms with E-state index in [1.165, 1.54) is 0 Å². The number of anilines is 2. The monoisotopic (exact) mass is 532 g/mol. The number of nitrogens with zero attached hydrogens (tertiary/aromatic N) is 1. The summed E-state index contributed by atoms with van der Waals surface area (Å²) in [6.45, 7) is 7.36. The molecule has 5 heteroatoms. The Hall–Kier alpha value is -4.09. The van der Waals surface area contributed by atoms with Crippen molar-refractivity contribution in [1.82, 2.24) is 4.90 Å². The molecule has 6 rings (SSSR count). The van der Waals surface area contributed by atoms with Crippen LogP contribution in [-0.2, 0) is 16.9 Å². The van der Waals surface area contributed by atoms with Crippen molar-refractivity contribution in [1.29, 1.82) is 0 Å². The zero-order chi connectivity index (χ0) is 27.5. The quantitative estimate of drug-likeness (QED) is 0.208. The van der Waals surface area contributed by atoms with Crippen LogP contribution in [0, 0.1) is 0 Å². The maximum atomic E-state index is 13.3. The lowest BCUT2D eigenvalue weighted by atomic mass is 9.77. The van der Waals surface area contributed by atoms with Gasteiger partial charge in [0.2, 0.25) is 0 Å². The van der Waals surface area contributed by atoms with E-state index in [9.17, 15) is 4.79 Å². The molecule has 4 aromatic rings. The molecule has 0 aromatic heterocycles. The topological polar surface area (TPSA) is 50.8 Å². The maximum absolute atomic E-state index is 13.3. The summed E-state index contributed by atoms with van der Waals surface area (Å²) in [4.78, 5) is 15.9. The van der Waals surface area contributed by atoms with Crippen LogP contribution < -0.4 is 10.1 Å². The van der Waals surface area contributed by atoms with Gasteiger partial charge in [0.05, 0.1) is 5.56 Å². The van der Waals surface area contributed by atoms with Crippen molar-refractivity contribution in [3.05, 3.63) is 119 Å². The summed E-state index contributed by atoms with van der Waals surface area (Å²) in [6, 6.07) is 30.1. The zero-order valence-electron chi connectivity index (χ0n) is 23.3. The van der Waals surface area contributed by atoms with Gasteiger partial charge in [0.15, 0.2) is 5.60 Å². The second kappa shape index (κ2) is 11.2. The molecule has 0 bridgehead atoms. The van der Waals surface area contributed by atoms with Crippen LogP contribution in [0.1, 0.15) is 72.1 Å². The molecule has 4 aromatic carbocycles. The molecule has 204 valence electrons. The molecule has 0 saturated carbocycles. The summed E-state index contributed by atoms with van der Waals surface area (Å²) in [7, 11) is 0. The van der Waals surface area contributed by atoms with Crippen molar-refractivity contribution >= 4 is 17.3 Å². The van der Waals surface area contributed by atoms with E-state index in [0.717, 1.165) is 84.7 Å². The normalized spacial score (nSPS) is 16.7. The highest BCUT2D eigenvalue weighted by Gasteiger charge is 2.53. The van der Waals surface area contributed by atoms with E-state index in [0.29, 0.717) is 11.3 Å². The lowest BCUT2D eigenvalue weighted by molar-refractivity contribution is 0.0223. The fourth-order valence-corrected chi connectivity index (χ4v) is 5.91. The Balaban J connectivity index is 1.48. The lowest BCUT2D eigenvalue weighted by Crippen LogP contribution is -2.34. The molecular weight excluding hydrogens is 496 g/mol. The Morgan fingerprint density at radius 1 is 0.750 bits per heavy atom. The SMILES string of the molecule is CCCCN(CCCC)Cc1cccc2c1Oc1ccc(Nc3ccccc3)cc1C21OC(=O)c2ccccc21. The van der Waals surface area contributed by atoms with Crippen molar-refractivity contribution in [3.63, 3.8) is 0 Å². The van der Waals surface area contributed by atoms with Crippen molar-refractivity contribution < 1.29 is 14.3 Å². The Morgan fingerprint density at radius 3 is 2.25 bits per heavy atom. The number of unbranched alkanes of at least 4 members (excludes halogenated alkanes) is 2. The van der Waals surface area contributed by atoms with Gasteiger partial charge >= 0.3 is 5.97 Å². The second-order valence-electron chi connectivity index (χ2n) is 10.7. The van der Waals surface area contributed by atoms with E-state index in [2.05, 4.69) is 48.3 Å². The van der Waals surface area contributed by atoms with Gasteiger partial charge in [-0.3, -0.25) is 4.90 Å². The van der Waals surface area contributed by atoms with Gasteiger partial charge in [0.25, 0.3) is 0 Å². The van der Waals surface area contributed by atoms with E-state index in [1.807, 2.05) is 66.7 Å². The first-order chi connectivity index (χ1) is 19.6. The van der Waals surface area contributed by atoms with Crippen LogP contribution in [0.5, 0.6) is 11.5 Å². The van der Waals surface area contributed by atoms with Crippen LogP contribution in [0.2, 0.25) is 0 Å². The maximum Gasteiger partial charge on any atom is 0.340 e. The average molecular weight is 533 g/mol. The number of carbonyl (C=O) groups is 1. The summed E-state index contributed by atoms with van der Waals surface area (Å²) >= 11 is 0. The lowest BCUT2D eigenvalue weighted by Gasteiger charge is -2.38. The average Bonchev–Trinajstić information content (AvgIpc) is 3.28. The fourth-order valence-electron chi connectivity index (χ4n) is 5.91. The molecule has 5 nitrogen and oxygen atoms in total. The third kappa shape index (κ3) is 4.65. The predicted octanol–water partition coefficient (Wildman–Crippen LogP) is 8.40. The second-order valence-corrected chi connectivity index (χ2v) is 10.7. The minimum atomic E-state index is -1.08. The van der Waals surface area contributed by atoms with E-state index in [4.69, 9.17) is 9.47 Å². The number of benzene rings is 4. The molecule has 0 fully saturated rings. The highest BCUT2D eigenvalue weighted by atomic mass is 16.6. The number of esters is 1. The van der Waals surface area contributed by atoms with Gasteiger partial charge in [-0.1, -0.05) is 81.3 Å². The molecule has 0 saturated heterocycles. The highest BCUT2D eigenvalue weighted by molar-refractivity contribution is 5.97. The molecule has 1 N–H and O–H groups in total. The fraction of sp³-hybridized carbons (Fsp3) is 0.286. The molecule has 2 aliphatic heterocycles. The Labute approximate surface area is 236 Å². The van der Waals surface area contributed by atoms with Gasteiger partial charge in [-0.25, -0.2) is 4.79 Å². The summed E-state index contributed by atoms with van der Waals surface area (Å²) < 4.78 is 13.2. The number of para-hydroxylation sites is 2. The summed E-state index contributed by atoms with van der Waals surface area (Å²) in [5.41, 5.74) is 5.07. The smallest absolute Gasteiger partial charge is 0.340 e. The van der Waals surface area contributed by atoms with Gasteiger partial charge in [-0.05, 0) is 62.3 Å². The molecule has 2 aliphatic rings.